The first-order valence-electron chi connectivity index (χ1n) is 14.5. The molecule has 1 aliphatic heterocycles. The van der Waals surface area contributed by atoms with Gasteiger partial charge in [0, 0.05) is 41.5 Å². The molecule has 0 atom stereocenters. The van der Waals surface area contributed by atoms with Crippen LogP contribution in [0, 0.1) is 0 Å². The maximum absolute atomic E-state index is 11.5. The Morgan fingerprint density at radius 3 is 2.02 bits per heavy atom. The van der Waals surface area contributed by atoms with Crippen LogP contribution in [0.15, 0.2) is 90.1 Å². The highest BCUT2D eigenvalue weighted by Crippen LogP contribution is 2.22. The van der Waals surface area contributed by atoms with Crippen molar-refractivity contribution in [2.75, 3.05) is 6.54 Å². The van der Waals surface area contributed by atoms with Crippen LogP contribution in [-0.2, 0) is 6.42 Å². The third kappa shape index (κ3) is 7.49. The van der Waals surface area contributed by atoms with Crippen LogP contribution in [-0.4, -0.2) is 22.4 Å². The number of aromatic nitrogens is 2. The summed E-state index contributed by atoms with van der Waals surface area (Å²) >= 11 is 0. The summed E-state index contributed by atoms with van der Waals surface area (Å²) in [5.74, 6) is 1.70. The van der Waals surface area contributed by atoms with Gasteiger partial charge in [-0.3, -0.25) is 14.6 Å². The number of H-pyrrole nitrogens is 1. The van der Waals surface area contributed by atoms with E-state index in [-0.39, 0.29) is 11.5 Å². The van der Waals surface area contributed by atoms with Crippen LogP contribution in [0.5, 0.6) is 0 Å². The van der Waals surface area contributed by atoms with Gasteiger partial charge in [-0.1, -0.05) is 84.0 Å². The first kappa shape index (κ1) is 29.7. The second-order valence-electron chi connectivity index (χ2n) is 11.5. The second-order valence-corrected chi connectivity index (χ2v) is 11.5. The molecular formula is C36H41N3O2. The summed E-state index contributed by atoms with van der Waals surface area (Å²) in [6.45, 7) is 13.8. The number of nitrogens with zero attached hydrogens (tertiary/aromatic N) is 1. The summed E-state index contributed by atoms with van der Waals surface area (Å²) in [6, 6.07) is 22.7. The van der Waals surface area contributed by atoms with E-state index < -0.39 is 0 Å². The highest BCUT2D eigenvalue weighted by Gasteiger charge is 2.16. The third-order valence-electron chi connectivity index (χ3n) is 7.52. The highest BCUT2D eigenvalue weighted by atomic mass is 16.1. The Labute approximate surface area is 243 Å². The lowest BCUT2D eigenvalue weighted by atomic mass is 9.94. The number of hydrogen-bond donors (Lipinski definition) is 2. The summed E-state index contributed by atoms with van der Waals surface area (Å²) in [7, 11) is 0. The van der Waals surface area contributed by atoms with Crippen molar-refractivity contribution in [2.45, 2.75) is 65.7 Å². The number of amides is 1. The molecule has 0 aliphatic carbocycles. The van der Waals surface area contributed by atoms with E-state index in [4.69, 9.17) is 0 Å². The molecule has 0 radical (unpaired) electrons. The molecule has 0 bridgehead atoms. The quantitative estimate of drug-likeness (QED) is 0.240. The fraction of sp³-hybridized carbons (Fsp3) is 0.306. The summed E-state index contributed by atoms with van der Waals surface area (Å²) < 4.78 is 0. The zero-order chi connectivity index (χ0) is 29.5. The smallest absolute Gasteiger partial charge is 0.255 e. The molecule has 0 unspecified atom stereocenters. The molecule has 3 heterocycles. The molecule has 5 nitrogen and oxygen atoms in total. The highest BCUT2D eigenvalue weighted by molar-refractivity contribution is 5.96. The van der Waals surface area contributed by atoms with E-state index in [0.29, 0.717) is 17.8 Å². The van der Waals surface area contributed by atoms with Crippen molar-refractivity contribution in [3.63, 3.8) is 0 Å². The molecule has 2 N–H and O–H groups in total. The van der Waals surface area contributed by atoms with Crippen LogP contribution in [0.2, 0.25) is 0 Å². The van der Waals surface area contributed by atoms with Crippen molar-refractivity contribution < 1.29 is 4.79 Å². The molecule has 5 heteroatoms. The second kappa shape index (κ2) is 13.4. The number of carbonyl (C=O) groups excluding carboxylic acids is 1. The number of nitrogens with one attached hydrogen (secondary N) is 2. The van der Waals surface area contributed by atoms with Crippen LogP contribution < -0.4 is 10.9 Å². The molecule has 3 aromatic carbocycles. The van der Waals surface area contributed by atoms with Crippen LogP contribution in [0.4, 0.5) is 0 Å². The average molecular weight is 548 g/mol. The summed E-state index contributed by atoms with van der Waals surface area (Å²) in [4.78, 5) is 29.6. The minimum Gasteiger partial charge on any atom is -0.352 e. The van der Waals surface area contributed by atoms with Crippen molar-refractivity contribution >= 4 is 27.5 Å². The number of rotatable bonds is 3. The molecule has 1 amide bonds. The molecular weight excluding hydrogens is 506 g/mol. The van der Waals surface area contributed by atoms with Gasteiger partial charge in [0.05, 0.1) is 0 Å². The minimum absolute atomic E-state index is 0.0159. The molecule has 5 aromatic rings. The van der Waals surface area contributed by atoms with Gasteiger partial charge in [0.2, 0.25) is 0 Å². The van der Waals surface area contributed by atoms with Crippen LogP contribution in [0.25, 0.3) is 21.5 Å². The zero-order valence-electron chi connectivity index (χ0n) is 25.0. The van der Waals surface area contributed by atoms with Crippen LogP contribution in [0.3, 0.4) is 0 Å². The predicted molar refractivity (Wildman–Crippen MR) is 171 cm³/mol. The Morgan fingerprint density at radius 1 is 0.683 bits per heavy atom. The van der Waals surface area contributed by atoms with E-state index >= 15 is 0 Å². The van der Waals surface area contributed by atoms with Crippen molar-refractivity contribution in [1.29, 1.82) is 0 Å². The van der Waals surface area contributed by atoms with Gasteiger partial charge in [0.15, 0.2) is 0 Å². The monoisotopic (exact) mass is 547 g/mol. The number of fused-ring (bicyclic) bond motifs is 3. The Kier molecular flexibility index (Phi) is 9.72. The first-order valence-corrected chi connectivity index (χ1v) is 14.5. The fourth-order valence-corrected chi connectivity index (χ4v) is 4.84. The van der Waals surface area contributed by atoms with E-state index in [1.165, 1.54) is 33.0 Å². The van der Waals surface area contributed by atoms with E-state index in [1.54, 1.807) is 6.20 Å². The molecule has 0 fully saturated rings. The van der Waals surface area contributed by atoms with Crippen LogP contribution >= 0.6 is 0 Å². The number of benzene rings is 3. The predicted octanol–water partition coefficient (Wildman–Crippen LogP) is 8.11. The van der Waals surface area contributed by atoms with Gasteiger partial charge >= 0.3 is 0 Å². The van der Waals surface area contributed by atoms with Crippen molar-refractivity contribution in [2.24, 2.45) is 0 Å². The summed E-state index contributed by atoms with van der Waals surface area (Å²) in [6.07, 6.45) is 6.39. The lowest BCUT2D eigenvalue weighted by Gasteiger charge is -2.18. The largest absolute Gasteiger partial charge is 0.352 e. The van der Waals surface area contributed by atoms with Gasteiger partial charge in [-0.2, -0.15) is 0 Å². The third-order valence-corrected chi connectivity index (χ3v) is 7.52. The molecule has 6 rings (SSSR count). The van der Waals surface area contributed by atoms with E-state index in [2.05, 4.69) is 99.3 Å². The van der Waals surface area contributed by atoms with Gasteiger partial charge in [-0.05, 0) is 81.5 Å². The molecule has 1 aliphatic rings. The Morgan fingerprint density at radius 2 is 1.32 bits per heavy atom. The van der Waals surface area contributed by atoms with Crippen molar-refractivity contribution in [1.82, 2.24) is 15.3 Å². The lowest BCUT2D eigenvalue weighted by Crippen LogP contribution is -2.31. The number of aromatic amines is 1. The van der Waals surface area contributed by atoms with Crippen molar-refractivity contribution in [3.05, 3.63) is 123 Å². The SMILES string of the molecule is CC(C)c1ccc2c(=O)[nH]ccc2c1.CC(C)c1ccc2c(c1)CCNC2=O.CC(C)c1ccc2cnccc2c1. The first-order chi connectivity index (χ1) is 19.6. The molecule has 2 aromatic heterocycles. The lowest BCUT2D eigenvalue weighted by molar-refractivity contribution is 0.0946. The van der Waals surface area contributed by atoms with Crippen LogP contribution in [0.1, 0.15) is 91.9 Å². The van der Waals surface area contributed by atoms with Gasteiger partial charge in [-0.15, -0.1) is 0 Å². The van der Waals surface area contributed by atoms with Gasteiger partial charge in [-0.25, -0.2) is 0 Å². The Hall–Kier alpha value is -4.25. The molecule has 212 valence electrons. The summed E-state index contributed by atoms with van der Waals surface area (Å²) in [5.41, 5.74) is 6.00. The van der Waals surface area contributed by atoms with E-state index in [9.17, 15) is 9.59 Å². The van der Waals surface area contributed by atoms with E-state index in [0.717, 1.165) is 29.3 Å². The van der Waals surface area contributed by atoms with Crippen molar-refractivity contribution in [3.8, 4) is 0 Å². The topological polar surface area (TPSA) is 74.8 Å². The van der Waals surface area contributed by atoms with E-state index in [1.807, 2.05) is 36.7 Å². The maximum Gasteiger partial charge on any atom is 0.255 e. The minimum atomic E-state index is -0.0159. The standard InChI is InChI=1S/C12H15NO.C12H13NO.C12H13N/c2*1-8(2)9-3-4-11-10(7-9)5-6-13-12(11)14;1-9(2)10-3-4-12-8-13-6-5-11(12)7-10/h3-4,7-8H,5-6H2,1-2H3,(H,13,14);3-8H,1-2H3,(H,13,14);3-9H,1-2H3. The van der Waals surface area contributed by atoms with Gasteiger partial charge in [0.25, 0.3) is 11.5 Å². The number of carbonyl (C=O) groups is 1. The molecule has 41 heavy (non-hydrogen) atoms. The summed E-state index contributed by atoms with van der Waals surface area (Å²) in [5, 5.41) is 7.12. The van der Waals surface area contributed by atoms with Gasteiger partial charge < -0.3 is 10.3 Å². The Balaban J connectivity index is 0.000000142. The number of pyridine rings is 2. The zero-order valence-corrected chi connectivity index (χ0v) is 25.0. The number of hydrogen-bond acceptors (Lipinski definition) is 3. The molecule has 0 saturated heterocycles. The normalized spacial score (nSPS) is 12.5. The Bertz CT molecular complexity index is 1700. The van der Waals surface area contributed by atoms with Gasteiger partial charge in [0.1, 0.15) is 0 Å². The fourth-order valence-electron chi connectivity index (χ4n) is 4.84. The molecule has 0 spiro atoms. The average Bonchev–Trinajstić information content (AvgIpc) is 2.97. The molecule has 0 saturated carbocycles. The maximum atomic E-state index is 11.5.